The largest absolute Gasteiger partial charge is 0.468 e. The molecular weight excluding hydrogens is 172 g/mol. The van der Waals surface area contributed by atoms with Gasteiger partial charge in [0.15, 0.2) is 0 Å². The summed E-state index contributed by atoms with van der Waals surface area (Å²) in [5, 5.41) is 8.93. The molecule has 72 valence electrons. The molecule has 1 aromatic heterocycles. The van der Waals surface area contributed by atoms with Crippen LogP contribution in [-0.4, -0.2) is 24.3 Å². The Bertz CT molecular complexity index is 253. The fourth-order valence-electron chi connectivity index (χ4n) is 1.01. The topological polar surface area (TPSA) is 59.7 Å². The van der Waals surface area contributed by atoms with Gasteiger partial charge in [0.25, 0.3) is 0 Å². The Morgan fingerprint density at radius 2 is 2.54 bits per heavy atom. The molecule has 13 heavy (non-hydrogen) atoms. The highest BCUT2D eigenvalue weighted by Crippen LogP contribution is 2.16. The zero-order valence-corrected chi connectivity index (χ0v) is 7.40. The van der Waals surface area contributed by atoms with Gasteiger partial charge in [-0.15, -0.1) is 0 Å². The summed E-state index contributed by atoms with van der Waals surface area (Å²) in [7, 11) is 0. The summed E-state index contributed by atoms with van der Waals surface area (Å²) in [6.07, 6.45) is 1.46. The van der Waals surface area contributed by atoms with Gasteiger partial charge in [0, 0.05) is 0 Å². The molecule has 0 fully saturated rings. The molecule has 0 spiro atoms. The molecule has 0 saturated carbocycles. The minimum Gasteiger partial charge on any atom is -0.468 e. The minimum atomic E-state index is -0.699. The first-order valence-corrected chi connectivity index (χ1v) is 4.10. The number of aliphatic hydroxyl groups excluding tert-OH is 1. The summed E-state index contributed by atoms with van der Waals surface area (Å²) in [6.45, 7) is 1.72. The van der Waals surface area contributed by atoms with Crippen molar-refractivity contribution in [1.82, 2.24) is 0 Å². The highest BCUT2D eigenvalue weighted by Gasteiger charge is 2.23. The Balaban J connectivity index is 2.68. The van der Waals surface area contributed by atoms with E-state index in [1.54, 1.807) is 19.1 Å². The second-order valence-electron chi connectivity index (χ2n) is 2.50. The maximum atomic E-state index is 11.2. The van der Waals surface area contributed by atoms with E-state index in [-0.39, 0.29) is 6.61 Å². The molecule has 4 nitrogen and oxygen atoms in total. The summed E-state index contributed by atoms with van der Waals surface area (Å²) in [5.41, 5.74) is 0. The molecule has 0 saturated heterocycles. The van der Waals surface area contributed by atoms with Crippen molar-refractivity contribution in [2.24, 2.45) is 0 Å². The maximum absolute atomic E-state index is 11.2. The van der Waals surface area contributed by atoms with Crippen LogP contribution in [-0.2, 0) is 9.53 Å². The summed E-state index contributed by atoms with van der Waals surface area (Å²) >= 11 is 0. The number of furan rings is 1. The lowest BCUT2D eigenvalue weighted by Gasteiger charge is -2.09. The number of esters is 1. The Hall–Kier alpha value is -1.29. The monoisotopic (exact) mass is 184 g/mol. The molecule has 1 unspecified atom stereocenters. The predicted octanol–water partition coefficient (Wildman–Crippen LogP) is 0.919. The third-order valence-corrected chi connectivity index (χ3v) is 1.64. The predicted molar refractivity (Wildman–Crippen MR) is 45.2 cm³/mol. The van der Waals surface area contributed by atoms with Crippen LogP contribution in [0.15, 0.2) is 22.8 Å². The van der Waals surface area contributed by atoms with Crippen LogP contribution < -0.4 is 0 Å². The van der Waals surface area contributed by atoms with Crippen LogP contribution in [0.2, 0.25) is 0 Å². The maximum Gasteiger partial charge on any atom is 0.319 e. The Labute approximate surface area is 76.1 Å². The molecular formula is C9H12O4. The molecule has 1 atom stereocenters. The summed E-state index contributed by atoms with van der Waals surface area (Å²) in [4.78, 5) is 11.2. The number of hydrogen-bond acceptors (Lipinski definition) is 4. The number of carbonyl (C=O) groups is 1. The van der Waals surface area contributed by atoms with E-state index in [0.29, 0.717) is 12.4 Å². The van der Waals surface area contributed by atoms with Crippen molar-refractivity contribution >= 4 is 5.97 Å². The van der Waals surface area contributed by atoms with Crippen LogP contribution in [0.5, 0.6) is 0 Å². The molecule has 0 aliphatic rings. The van der Waals surface area contributed by atoms with Crippen LogP contribution in [0.1, 0.15) is 18.6 Å². The van der Waals surface area contributed by atoms with Crippen molar-refractivity contribution in [3.63, 3.8) is 0 Å². The van der Waals surface area contributed by atoms with Crippen LogP contribution in [0.25, 0.3) is 0 Å². The van der Waals surface area contributed by atoms with Crippen molar-refractivity contribution < 1.29 is 19.1 Å². The second-order valence-corrected chi connectivity index (χ2v) is 2.50. The van der Waals surface area contributed by atoms with Crippen LogP contribution in [0, 0.1) is 0 Å². The van der Waals surface area contributed by atoms with E-state index in [2.05, 4.69) is 0 Å². The SMILES string of the molecule is CCOC(=O)C(CO)c1ccco1. The number of hydrogen-bond donors (Lipinski definition) is 1. The van der Waals surface area contributed by atoms with Crippen LogP contribution in [0.3, 0.4) is 0 Å². The van der Waals surface area contributed by atoms with Gasteiger partial charge in [-0.3, -0.25) is 4.79 Å². The fraction of sp³-hybridized carbons (Fsp3) is 0.444. The van der Waals surface area contributed by atoms with E-state index in [0.717, 1.165) is 0 Å². The third kappa shape index (κ3) is 2.32. The molecule has 1 rings (SSSR count). The lowest BCUT2D eigenvalue weighted by atomic mass is 10.1. The molecule has 0 bridgehead atoms. The van der Waals surface area contributed by atoms with Gasteiger partial charge in [0.05, 0.1) is 19.5 Å². The van der Waals surface area contributed by atoms with E-state index >= 15 is 0 Å². The van der Waals surface area contributed by atoms with E-state index < -0.39 is 11.9 Å². The highest BCUT2D eigenvalue weighted by molar-refractivity contribution is 5.77. The molecule has 1 N–H and O–H groups in total. The van der Waals surface area contributed by atoms with Gasteiger partial charge in [-0.1, -0.05) is 0 Å². The van der Waals surface area contributed by atoms with Crippen molar-refractivity contribution in [1.29, 1.82) is 0 Å². The molecule has 0 aromatic carbocycles. The van der Waals surface area contributed by atoms with Gasteiger partial charge in [-0.05, 0) is 19.1 Å². The lowest BCUT2D eigenvalue weighted by molar-refractivity contribution is -0.146. The smallest absolute Gasteiger partial charge is 0.319 e. The van der Waals surface area contributed by atoms with Crippen molar-refractivity contribution in [2.75, 3.05) is 13.2 Å². The quantitative estimate of drug-likeness (QED) is 0.707. The van der Waals surface area contributed by atoms with Gasteiger partial charge in [-0.2, -0.15) is 0 Å². The number of carbonyl (C=O) groups excluding carboxylic acids is 1. The van der Waals surface area contributed by atoms with Crippen LogP contribution >= 0.6 is 0 Å². The zero-order valence-electron chi connectivity index (χ0n) is 7.40. The van der Waals surface area contributed by atoms with Crippen molar-refractivity contribution in [2.45, 2.75) is 12.8 Å². The third-order valence-electron chi connectivity index (χ3n) is 1.64. The number of aliphatic hydroxyl groups is 1. The molecule has 1 heterocycles. The highest BCUT2D eigenvalue weighted by atomic mass is 16.5. The molecule has 0 aliphatic carbocycles. The number of ether oxygens (including phenoxy) is 1. The van der Waals surface area contributed by atoms with E-state index in [9.17, 15) is 4.79 Å². The minimum absolute atomic E-state index is 0.299. The van der Waals surface area contributed by atoms with Gasteiger partial charge in [0.2, 0.25) is 0 Å². The Kier molecular flexibility index (Phi) is 3.52. The van der Waals surface area contributed by atoms with Gasteiger partial charge in [0.1, 0.15) is 11.7 Å². The first-order valence-electron chi connectivity index (χ1n) is 4.10. The molecule has 1 aromatic rings. The first kappa shape index (κ1) is 9.80. The normalized spacial score (nSPS) is 12.5. The first-order chi connectivity index (χ1) is 6.29. The van der Waals surface area contributed by atoms with E-state index in [1.165, 1.54) is 6.26 Å². The zero-order chi connectivity index (χ0) is 9.68. The number of rotatable bonds is 4. The Morgan fingerprint density at radius 3 is 3.00 bits per heavy atom. The fourth-order valence-corrected chi connectivity index (χ4v) is 1.01. The molecule has 0 aliphatic heterocycles. The summed E-state index contributed by atoms with van der Waals surface area (Å²) < 4.78 is 9.75. The van der Waals surface area contributed by atoms with Crippen molar-refractivity contribution in [3.8, 4) is 0 Å². The Morgan fingerprint density at radius 1 is 1.77 bits per heavy atom. The summed E-state index contributed by atoms with van der Waals surface area (Å²) in [5.74, 6) is -0.726. The standard InChI is InChI=1S/C9H12O4/c1-2-12-9(11)7(6-10)8-4-3-5-13-8/h3-5,7,10H,2,6H2,1H3. The van der Waals surface area contributed by atoms with Gasteiger partial charge in [-0.25, -0.2) is 0 Å². The molecule has 0 amide bonds. The average Bonchev–Trinajstić information content (AvgIpc) is 2.59. The molecule has 0 radical (unpaired) electrons. The van der Waals surface area contributed by atoms with Gasteiger partial charge >= 0.3 is 5.97 Å². The molecule has 4 heteroatoms. The van der Waals surface area contributed by atoms with Gasteiger partial charge < -0.3 is 14.3 Å². The summed E-state index contributed by atoms with van der Waals surface area (Å²) in [6, 6.07) is 3.30. The van der Waals surface area contributed by atoms with Crippen molar-refractivity contribution in [3.05, 3.63) is 24.2 Å². The van der Waals surface area contributed by atoms with E-state index in [4.69, 9.17) is 14.3 Å². The average molecular weight is 184 g/mol. The van der Waals surface area contributed by atoms with E-state index in [1.807, 2.05) is 0 Å². The van der Waals surface area contributed by atoms with Crippen LogP contribution in [0.4, 0.5) is 0 Å². The lowest BCUT2D eigenvalue weighted by Crippen LogP contribution is -2.18. The second kappa shape index (κ2) is 4.67.